The van der Waals surface area contributed by atoms with Crippen LogP contribution in [0.4, 0.5) is 0 Å². The van der Waals surface area contributed by atoms with Crippen molar-refractivity contribution in [1.29, 1.82) is 0 Å². The Labute approximate surface area is 147 Å². The maximum atomic E-state index is 12.0. The van der Waals surface area contributed by atoms with Gasteiger partial charge in [0.25, 0.3) is 5.91 Å². The minimum atomic E-state index is -0.0556. The van der Waals surface area contributed by atoms with Crippen LogP contribution >= 0.6 is 15.9 Å². The summed E-state index contributed by atoms with van der Waals surface area (Å²) in [5.41, 5.74) is 0.662. The zero-order chi connectivity index (χ0) is 17.1. The number of carbonyl (C=O) groups excluding carboxylic acids is 1. The number of aliphatic imine (C=N–C) groups is 1. The highest BCUT2D eigenvalue weighted by molar-refractivity contribution is 9.10. The van der Waals surface area contributed by atoms with E-state index < -0.39 is 0 Å². The molecule has 0 fully saturated rings. The molecule has 1 atom stereocenters. The summed E-state index contributed by atoms with van der Waals surface area (Å²) in [6.07, 6.45) is 1.85. The number of benzene rings is 1. The normalized spacial score (nSPS) is 12.6. The van der Waals surface area contributed by atoms with Crippen molar-refractivity contribution >= 4 is 27.8 Å². The Morgan fingerprint density at radius 3 is 2.74 bits per heavy atom. The smallest absolute Gasteiger partial charge is 0.251 e. The van der Waals surface area contributed by atoms with Crippen molar-refractivity contribution in [1.82, 2.24) is 16.0 Å². The Balaban J connectivity index is 2.34. The number of nitrogens with zero attached hydrogens (tertiary/aromatic N) is 1. The van der Waals surface area contributed by atoms with E-state index in [1.807, 2.05) is 25.1 Å². The van der Waals surface area contributed by atoms with Crippen LogP contribution in [0.5, 0.6) is 0 Å². The van der Waals surface area contributed by atoms with E-state index in [1.165, 1.54) is 0 Å². The molecule has 0 aliphatic heterocycles. The summed E-state index contributed by atoms with van der Waals surface area (Å²) < 4.78 is 0.904. The van der Waals surface area contributed by atoms with Crippen LogP contribution in [0, 0.1) is 0 Å². The zero-order valence-corrected chi connectivity index (χ0v) is 15.7. The minimum absolute atomic E-state index is 0.0556. The zero-order valence-electron chi connectivity index (χ0n) is 14.2. The minimum Gasteiger partial charge on any atom is -0.357 e. The largest absolute Gasteiger partial charge is 0.357 e. The number of carbonyl (C=O) groups is 1. The lowest BCUT2D eigenvalue weighted by Gasteiger charge is -2.16. The maximum absolute atomic E-state index is 12.0. The SMILES string of the molecule is CCNC(=NCCCNC(=O)c1cccc(Br)c1)NC(C)CC. The van der Waals surface area contributed by atoms with Crippen molar-refractivity contribution in [2.75, 3.05) is 19.6 Å². The van der Waals surface area contributed by atoms with Gasteiger partial charge in [-0.2, -0.15) is 0 Å². The molecule has 1 aromatic rings. The van der Waals surface area contributed by atoms with Crippen LogP contribution in [0.3, 0.4) is 0 Å². The second-order valence-electron chi connectivity index (χ2n) is 5.33. The Hall–Kier alpha value is -1.56. The summed E-state index contributed by atoms with van der Waals surface area (Å²) in [5.74, 6) is 0.778. The number of halogens is 1. The molecule has 1 rings (SSSR count). The van der Waals surface area contributed by atoms with Crippen LogP contribution in [0.25, 0.3) is 0 Å². The van der Waals surface area contributed by atoms with Crippen molar-refractivity contribution in [3.8, 4) is 0 Å². The third-order valence-corrected chi connectivity index (χ3v) is 3.81. The molecular weight excluding hydrogens is 356 g/mol. The molecule has 23 heavy (non-hydrogen) atoms. The van der Waals surface area contributed by atoms with Gasteiger partial charge in [-0.25, -0.2) is 0 Å². The second-order valence-corrected chi connectivity index (χ2v) is 6.25. The molecule has 0 aromatic heterocycles. The predicted octanol–water partition coefficient (Wildman–Crippen LogP) is 2.92. The molecule has 6 heteroatoms. The topological polar surface area (TPSA) is 65.5 Å². The van der Waals surface area contributed by atoms with Gasteiger partial charge in [-0.1, -0.05) is 28.9 Å². The average Bonchev–Trinajstić information content (AvgIpc) is 2.54. The van der Waals surface area contributed by atoms with Crippen molar-refractivity contribution in [3.63, 3.8) is 0 Å². The quantitative estimate of drug-likeness (QED) is 0.367. The van der Waals surface area contributed by atoms with Crippen LogP contribution in [0.2, 0.25) is 0 Å². The first-order valence-corrected chi connectivity index (χ1v) is 8.94. The van der Waals surface area contributed by atoms with Gasteiger partial charge in [0.2, 0.25) is 0 Å². The Kier molecular flexibility index (Phi) is 9.36. The summed E-state index contributed by atoms with van der Waals surface area (Å²) in [5, 5.41) is 9.49. The highest BCUT2D eigenvalue weighted by Crippen LogP contribution is 2.11. The highest BCUT2D eigenvalue weighted by atomic mass is 79.9. The van der Waals surface area contributed by atoms with E-state index >= 15 is 0 Å². The van der Waals surface area contributed by atoms with Gasteiger partial charge in [0.05, 0.1) is 0 Å². The monoisotopic (exact) mass is 382 g/mol. The van der Waals surface area contributed by atoms with Gasteiger partial charge in [-0.3, -0.25) is 9.79 Å². The van der Waals surface area contributed by atoms with Gasteiger partial charge in [0, 0.05) is 35.7 Å². The number of rotatable bonds is 8. The lowest BCUT2D eigenvalue weighted by molar-refractivity contribution is 0.0953. The molecule has 0 saturated carbocycles. The summed E-state index contributed by atoms with van der Waals surface area (Å²) in [6, 6.07) is 7.76. The summed E-state index contributed by atoms with van der Waals surface area (Å²) in [7, 11) is 0. The predicted molar refractivity (Wildman–Crippen MR) is 100.0 cm³/mol. The molecule has 0 spiro atoms. The number of hydrogen-bond acceptors (Lipinski definition) is 2. The van der Waals surface area contributed by atoms with Crippen LogP contribution in [0.1, 0.15) is 44.0 Å². The van der Waals surface area contributed by atoms with Crippen molar-refractivity contribution in [2.24, 2.45) is 4.99 Å². The maximum Gasteiger partial charge on any atom is 0.251 e. The van der Waals surface area contributed by atoms with E-state index in [0.717, 1.165) is 29.8 Å². The van der Waals surface area contributed by atoms with E-state index in [-0.39, 0.29) is 5.91 Å². The fraction of sp³-hybridized carbons (Fsp3) is 0.529. The van der Waals surface area contributed by atoms with Crippen LogP contribution < -0.4 is 16.0 Å². The van der Waals surface area contributed by atoms with Gasteiger partial charge >= 0.3 is 0 Å². The van der Waals surface area contributed by atoms with Crippen LogP contribution in [-0.2, 0) is 0 Å². The van der Waals surface area contributed by atoms with Gasteiger partial charge < -0.3 is 16.0 Å². The summed E-state index contributed by atoms with van der Waals surface area (Å²) in [4.78, 5) is 16.5. The van der Waals surface area contributed by atoms with Crippen LogP contribution in [0.15, 0.2) is 33.7 Å². The van der Waals surface area contributed by atoms with E-state index in [0.29, 0.717) is 24.7 Å². The third kappa shape index (κ3) is 8.02. The fourth-order valence-electron chi connectivity index (χ4n) is 1.86. The third-order valence-electron chi connectivity index (χ3n) is 3.32. The molecule has 0 radical (unpaired) electrons. The molecule has 0 aliphatic rings. The molecule has 0 saturated heterocycles. The van der Waals surface area contributed by atoms with Crippen LogP contribution in [-0.4, -0.2) is 37.5 Å². The van der Waals surface area contributed by atoms with Crippen molar-refractivity contribution in [2.45, 2.75) is 39.7 Å². The molecule has 1 aromatic carbocycles. The number of amides is 1. The molecule has 5 nitrogen and oxygen atoms in total. The molecule has 0 bridgehead atoms. The van der Waals surface area contributed by atoms with E-state index in [2.05, 4.69) is 50.7 Å². The number of guanidine groups is 1. The molecule has 1 unspecified atom stereocenters. The standard InChI is InChI=1S/C17H27BrN4O/c1-4-13(3)22-17(19-5-2)21-11-7-10-20-16(23)14-8-6-9-15(18)12-14/h6,8-9,12-13H,4-5,7,10-11H2,1-3H3,(H,20,23)(H2,19,21,22). The molecule has 3 N–H and O–H groups in total. The number of hydrogen-bond donors (Lipinski definition) is 3. The lowest BCUT2D eigenvalue weighted by Crippen LogP contribution is -2.42. The van der Waals surface area contributed by atoms with Crippen molar-refractivity contribution in [3.05, 3.63) is 34.3 Å². The Bertz CT molecular complexity index is 519. The van der Waals surface area contributed by atoms with Gasteiger partial charge in [-0.05, 0) is 44.9 Å². The first-order chi connectivity index (χ1) is 11.1. The Morgan fingerprint density at radius 1 is 1.30 bits per heavy atom. The van der Waals surface area contributed by atoms with E-state index in [9.17, 15) is 4.79 Å². The average molecular weight is 383 g/mol. The first kappa shape index (κ1) is 19.5. The lowest BCUT2D eigenvalue weighted by atomic mass is 10.2. The first-order valence-electron chi connectivity index (χ1n) is 8.15. The highest BCUT2D eigenvalue weighted by Gasteiger charge is 2.05. The van der Waals surface area contributed by atoms with Gasteiger partial charge in [-0.15, -0.1) is 0 Å². The molecular formula is C17H27BrN4O. The van der Waals surface area contributed by atoms with E-state index in [4.69, 9.17) is 0 Å². The molecule has 128 valence electrons. The van der Waals surface area contributed by atoms with Gasteiger partial charge in [0.1, 0.15) is 0 Å². The molecule has 1 amide bonds. The molecule has 0 aliphatic carbocycles. The summed E-state index contributed by atoms with van der Waals surface area (Å²) in [6.45, 7) is 8.43. The summed E-state index contributed by atoms with van der Waals surface area (Å²) >= 11 is 3.37. The molecule has 0 heterocycles. The Morgan fingerprint density at radius 2 is 2.09 bits per heavy atom. The number of nitrogens with one attached hydrogen (secondary N) is 3. The van der Waals surface area contributed by atoms with Crippen molar-refractivity contribution < 1.29 is 4.79 Å². The van der Waals surface area contributed by atoms with Gasteiger partial charge in [0.15, 0.2) is 5.96 Å². The fourth-order valence-corrected chi connectivity index (χ4v) is 2.26. The van der Waals surface area contributed by atoms with E-state index in [1.54, 1.807) is 6.07 Å². The second kappa shape index (κ2) is 11.0.